The molecular weight excluding hydrogens is 272 g/mol. The number of nitrogens with zero attached hydrogens (tertiary/aromatic N) is 3. The maximum absolute atomic E-state index is 5.77. The molecule has 1 N–H and O–H groups in total. The first-order valence-electron chi connectivity index (χ1n) is 6.29. The summed E-state index contributed by atoms with van der Waals surface area (Å²) in [5.74, 6) is 0.882. The van der Waals surface area contributed by atoms with Crippen LogP contribution in [-0.4, -0.2) is 19.9 Å². The van der Waals surface area contributed by atoms with Gasteiger partial charge in [0.05, 0.1) is 17.6 Å². The highest BCUT2D eigenvalue weighted by atomic mass is 35.5. The molecule has 20 heavy (non-hydrogen) atoms. The van der Waals surface area contributed by atoms with Crippen molar-refractivity contribution in [3.05, 3.63) is 65.0 Å². The number of aryl methyl sites for hydroxylation is 1. The molecule has 0 amide bonds. The van der Waals surface area contributed by atoms with E-state index < -0.39 is 0 Å². The van der Waals surface area contributed by atoms with Gasteiger partial charge in [0.2, 0.25) is 0 Å². The van der Waals surface area contributed by atoms with Crippen molar-refractivity contribution in [2.45, 2.75) is 13.3 Å². The van der Waals surface area contributed by atoms with Gasteiger partial charge in [-0.3, -0.25) is 4.98 Å². The molecule has 0 unspecified atom stereocenters. The molecule has 3 rings (SSSR count). The van der Waals surface area contributed by atoms with E-state index in [4.69, 9.17) is 11.6 Å². The molecule has 0 aliphatic carbocycles. The lowest BCUT2D eigenvalue weighted by molar-refractivity contribution is 1.01. The number of imidazole rings is 1. The van der Waals surface area contributed by atoms with E-state index in [1.54, 1.807) is 18.5 Å². The fraction of sp³-hybridized carbons (Fsp3) is 0.133. The average molecular weight is 285 g/mol. The summed E-state index contributed by atoms with van der Waals surface area (Å²) in [5.41, 5.74) is 3.87. The van der Waals surface area contributed by atoms with Gasteiger partial charge in [-0.15, -0.1) is 0 Å². The maximum atomic E-state index is 5.77. The van der Waals surface area contributed by atoms with Crippen molar-refractivity contribution in [1.29, 1.82) is 0 Å². The monoisotopic (exact) mass is 284 g/mol. The molecule has 0 atom stereocenters. The number of aromatic nitrogens is 4. The third-order valence-corrected chi connectivity index (χ3v) is 3.18. The van der Waals surface area contributed by atoms with Gasteiger partial charge in [0, 0.05) is 18.3 Å². The van der Waals surface area contributed by atoms with Crippen molar-refractivity contribution >= 4 is 11.6 Å². The number of hydrogen-bond donors (Lipinski definition) is 1. The normalized spacial score (nSPS) is 10.7. The Labute approximate surface area is 121 Å². The molecule has 3 aromatic rings. The quantitative estimate of drug-likeness (QED) is 0.750. The van der Waals surface area contributed by atoms with Gasteiger partial charge in [-0.2, -0.15) is 0 Å². The third-order valence-electron chi connectivity index (χ3n) is 2.95. The molecule has 5 heteroatoms. The second kappa shape index (κ2) is 5.43. The van der Waals surface area contributed by atoms with Crippen LogP contribution in [0.5, 0.6) is 0 Å². The fourth-order valence-electron chi connectivity index (χ4n) is 1.98. The Balaban J connectivity index is 1.82. The van der Waals surface area contributed by atoms with Gasteiger partial charge in [-0.25, -0.2) is 9.97 Å². The Morgan fingerprint density at radius 2 is 2.00 bits per heavy atom. The first-order valence-corrected chi connectivity index (χ1v) is 6.67. The molecule has 3 heterocycles. The van der Waals surface area contributed by atoms with Gasteiger partial charge >= 0.3 is 0 Å². The lowest BCUT2D eigenvalue weighted by Gasteiger charge is -1.99. The van der Waals surface area contributed by atoms with Crippen LogP contribution in [0.2, 0.25) is 5.15 Å². The fourth-order valence-corrected chi connectivity index (χ4v) is 2.09. The lowest BCUT2D eigenvalue weighted by Crippen LogP contribution is -1.92. The van der Waals surface area contributed by atoms with E-state index in [1.807, 2.05) is 31.2 Å². The molecule has 0 radical (unpaired) electrons. The predicted molar refractivity (Wildman–Crippen MR) is 78.6 cm³/mol. The Morgan fingerprint density at radius 3 is 2.75 bits per heavy atom. The van der Waals surface area contributed by atoms with Crippen molar-refractivity contribution in [2.24, 2.45) is 0 Å². The van der Waals surface area contributed by atoms with E-state index in [2.05, 4.69) is 19.9 Å². The molecule has 0 aromatic carbocycles. The molecular formula is C15H13ClN4. The van der Waals surface area contributed by atoms with Gasteiger partial charge < -0.3 is 4.98 Å². The van der Waals surface area contributed by atoms with E-state index in [0.717, 1.165) is 28.5 Å². The van der Waals surface area contributed by atoms with Gasteiger partial charge in [-0.1, -0.05) is 23.7 Å². The zero-order valence-electron chi connectivity index (χ0n) is 11.0. The molecule has 100 valence electrons. The van der Waals surface area contributed by atoms with Crippen LogP contribution in [0.3, 0.4) is 0 Å². The van der Waals surface area contributed by atoms with Crippen molar-refractivity contribution in [1.82, 2.24) is 19.9 Å². The number of rotatable bonds is 3. The Morgan fingerprint density at radius 1 is 1.10 bits per heavy atom. The summed E-state index contributed by atoms with van der Waals surface area (Å²) >= 11 is 5.77. The molecule has 3 aromatic heterocycles. The molecule has 4 nitrogen and oxygen atoms in total. The van der Waals surface area contributed by atoms with Crippen molar-refractivity contribution in [2.75, 3.05) is 0 Å². The van der Waals surface area contributed by atoms with E-state index in [1.165, 1.54) is 0 Å². The molecule has 0 fully saturated rings. The molecule has 0 bridgehead atoms. The minimum atomic E-state index is 0.498. The first kappa shape index (κ1) is 12.8. The van der Waals surface area contributed by atoms with E-state index >= 15 is 0 Å². The largest absolute Gasteiger partial charge is 0.340 e. The van der Waals surface area contributed by atoms with Crippen LogP contribution in [0.1, 0.15) is 17.1 Å². The van der Waals surface area contributed by atoms with E-state index in [9.17, 15) is 0 Å². The van der Waals surface area contributed by atoms with E-state index in [0.29, 0.717) is 11.6 Å². The van der Waals surface area contributed by atoms with Crippen LogP contribution in [0.4, 0.5) is 0 Å². The number of aromatic amines is 1. The first-order chi connectivity index (χ1) is 9.70. The highest BCUT2D eigenvalue weighted by molar-refractivity contribution is 6.29. The Bertz CT molecular complexity index is 719. The second-order valence-electron chi connectivity index (χ2n) is 4.57. The van der Waals surface area contributed by atoms with Crippen LogP contribution >= 0.6 is 11.6 Å². The van der Waals surface area contributed by atoms with Crippen LogP contribution in [0.25, 0.3) is 11.4 Å². The summed E-state index contributed by atoms with van der Waals surface area (Å²) < 4.78 is 0. The van der Waals surface area contributed by atoms with Crippen LogP contribution < -0.4 is 0 Å². The Kier molecular flexibility index (Phi) is 3.48. The topological polar surface area (TPSA) is 54.5 Å². The molecule has 0 saturated heterocycles. The summed E-state index contributed by atoms with van der Waals surface area (Å²) in [4.78, 5) is 16.2. The molecule has 0 aliphatic heterocycles. The van der Waals surface area contributed by atoms with Crippen LogP contribution in [-0.2, 0) is 6.42 Å². The van der Waals surface area contributed by atoms with Crippen LogP contribution in [0.15, 0.2) is 42.7 Å². The SMILES string of the molecule is Cc1cccc(-c2cnc(Cc3ccc(Cl)nc3)[nH]2)n1. The number of H-pyrrole nitrogens is 1. The highest BCUT2D eigenvalue weighted by Crippen LogP contribution is 2.16. The molecule has 0 aliphatic rings. The minimum Gasteiger partial charge on any atom is -0.340 e. The predicted octanol–water partition coefficient (Wildman–Crippen LogP) is 3.42. The van der Waals surface area contributed by atoms with Gasteiger partial charge in [0.1, 0.15) is 11.0 Å². The summed E-state index contributed by atoms with van der Waals surface area (Å²) in [6.07, 6.45) is 4.26. The number of hydrogen-bond acceptors (Lipinski definition) is 3. The van der Waals surface area contributed by atoms with E-state index in [-0.39, 0.29) is 0 Å². The van der Waals surface area contributed by atoms with Gasteiger partial charge in [0.25, 0.3) is 0 Å². The maximum Gasteiger partial charge on any atom is 0.129 e. The standard InChI is InChI=1S/C15H13ClN4/c1-10-3-2-4-12(19-10)13-9-18-15(20-13)7-11-5-6-14(16)17-8-11/h2-6,8-9H,7H2,1H3,(H,18,20). The van der Waals surface area contributed by atoms with Gasteiger partial charge in [-0.05, 0) is 30.7 Å². The van der Waals surface area contributed by atoms with Gasteiger partial charge in [0.15, 0.2) is 0 Å². The smallest absolute Gasteiger partial charge is 0.129 e. The second-order valence-corrected chi connectivity index (χ2v) is 4.96. The molecule has 0 saturated carbocycles. The van der Waals surface area contributed by atoms with Crippen molar-refractivity contribution in [3.8, 4) is 11.4 Å². The summed E-state index contributed by atoms with van der Waals surface area (Å²) in [5, 5.41) is 0.498. The molecule has 0 spiro atoms. The highest BCUT2D eigenvalue weighted by Gasteiger charge is 2.05. The Hall–Kier alpha value is -2.20. The average Bonchev–Trinajstić information content (AvgIpc) is 2.90. The zero-order chi connectivity index (χ0) is 13.9. The summed E-state index contributed by atoms with van der Waals surface area (Å²) in [6, 6.07) is 9.65. The number of pyridine rings is 2. The van der Waals surface area contributed by atoms with Crippen LogP contribution in [0, 0.1) is 6.92 Å². The third kappa shape index (κ3) is 2.86. The zero-order valence-corrected chi connectivity index (χ0v) is 11.7. The van der Waals surface area contributed by atoms with Crippen molar-refractivity contribution < 1.29 is 0 Å². The lowest BCUT2D eigenvalue weighted by atomic mass is 10.2. The summed E-state index contributed by atoms with van der Waals surface area (Å²) in [7, 11) is 0. The van der Waals surface area contributed by atoms with Crippen molar-refractivity contribution in [3.63, 3.8) is 0 Å². The number of nitrogens with one attached hydrogen (secondary N) is 1. The summed E-state index contributed by atoms with van der Waals surface area (Å²) in [6.45, 7) is 1.97. The minimum absolute atomic E-state index is 0.498. The number of halogens is 1.